The first-order chi connectivity index (χ1) is 17.2. The van der Waals surface area contributed by atoms with E-state index in [0.717, 1.165) is 31.6 Å². The molecule has 2 bridgehead atoms. The van der Waals surface area contributed by atoms with Gasteiger partial charge in [0.15, 0.2) is 17.4 Å². The average Bonchev–Trinajstić information content (AvgIpc) is 3.29. The van der Waals surface area contributed by atoms with Crippen LogP contribution in [0.1, 0.15) is 18.7 Å². The lowest BCUT2D eigenvalue weighted by Gasteiger charge is -2.39. The number of hydrogen-bond acceptors (Lipinski definition) is 6. The first-order valence-corrected chi connectivity index (χ1v) is 12.0. The number of halogens is 5. The third kappa shape index (κ3) is 5.21. The highest BCUT2D eigenvalue weighted by molar-refractivity contribution is 6.30. The molecular weight excluding hydrogens is 502 g/mol. The molecule has 1 aliphatic heterocycles. The molecule has 0 N–H and O–H groups in total. The molecule has 3 heterocycles. The van der Waals surface area contributed by atoms with Gasteiger partial charge in [0.25, 0.3) is 0 Å². The zero-order chi connectivity index (χ0) is 25.4. The number of fused-ring (bicyclic) bond motifs is 2. The Morgan fingerprint density at radius 3 is 2.58 bits per heavy atom. The Labute approximate surface area is 210 Å². The number of rotatable bonds is 7. The number of ether oxygens (including phenoxy) is 2. The van der Waals surface area contributed by atoms with Crippen molar-refractivity contribution in [2.45, 2.75) is 32.0 Å². The number of anilines is 1. The van der Waals surface area contributed by atoms with Gasteiger partial charge >= 0.3 is 12.2 Å². The van der Waals surface area contributed by atoms with Crippen molar-refractivity contribution in [1.82, 2.24) is 19.7 Å². The quantitative estimate of drug-likeness (QED) is 0.378. The van der Waals surface area contributed by atoms with Crippen LogP contribution in [0.15, 0.2) is 36.5 Å². The third-order valence-electron chi connectivity index (χ3n) is 6.87. The average molecular weight is 526 g/mol. The third-order valence-corrected chi connectivity index (χ3v) is 7.16. The summed E-state index contributed by atoms with van der Waals surface area (Å²) in [5.74, 6) is 0.510. The van der Waals surface area contributed by atoms with E-state index in [1.165, 1.54) is 18.2 Å². The molecule has 2 unspecified atom stereocenters. The van der Waals surface area contributed by atoms with Gasteiger partial charge in [0.05, 0.1) is 12.1 Å². The summed E-state index contributed by atoms with van der Waals surface area (Å²) in [4.78, 5) is 10.7. The smallest absolute Gasteiger partial charge is 0.408 e. The molecule has 12 heteroatoms. The van der Waals surface area contributed by atoms with Gasteiger partial charge in [0.1, 0.15) is 6.54 Å². The fraction of sp³-hybridized carbons (Fsp3) is 0.458. The molecule has 2 aromatic heterocycles. The van der Waals surface area contributed by atoms with E-state index in [0.29, 0.717) is 28.8 Å². The molecule has 1 aromatic carbocycles. The van der Waals surface area contributed by atoms with Gasteiger partial charge < -0.3 is 14.4 Å². The zero-order valence-corrected chi connectivity index (χ0v) is 20.1. The molecule has 192 valence electrons. The highest BCUT2D eigenvalue weighted by atomic mass is 35.5. The minimum absolute atomic E-state index is 0.204. The van der Waals surface area contributed by atoms with Crippen molar-refractivity contribution in [3.8, 4) is 17.6 Å². The summed E-state index contributed by atoms with van der Waals surface area (Å²) in [7, 11) is 1.58. The van der Waals surface area contributed by atoms with E-state index >= 15 is 0 Å². The molecule has 2 atom stereocenters. The van der Waals surface area contributed by atoms with Crippen LogP contribution in [-0.4, -0.2) is 46.1 Å². The van der Waals surface area contributed by atoms with Crippen molar-refractivity contribution in [2.24, 2.45) is 17.8 Å². The standard InChI is InChI=1S/C24H24ClF4N5O2/c1-35-21-9-16(7-8-30-21)33-11-14-5-6-15(12-33)17(14)10-20-31-23(34(32-20)13-24(27,28)29)36-19-4-2-3-18(25)22(19)26/h2-4,7-9,14-15,17H,5-6,10-13H2,1H3. The van der Waals surface area contributed by atoms with Gasteiger partial charge in [-0.1, -0.05) is 17.7 Å². The van der Waals surface area contributed by atoms with Crippen molar-refractivity contribution < 1.29 is 27.0 Å². The van der Waals surface area contributed by atoms with Crippen LogP contribution in [0.2, 0.25) is 5.02 Å². The van der Waals surface area contributed by atoms with E-state index in [4.69, 9.17) is 21.1 Å². The fourth-order valence-corrected chi connectivity index (χ4v) is 5.43. The number of piperidine rings is 1. The summed E-state index contributed by atoms with van der Waals surface area (Å²) >= 11 is 5.78. The molecule has 7 nitrogen and oxygen atoms in total. The van der Waals surface area contributed by atoms with E-state index in [1.807, 2.05) is 12.1 Å². The zero-order valence-electron chi connectivity index (χ0n) is 19.4. The van der Waals surface area contributed by atoms with Gasteiger partial charge in [-0.2, -0.15) is 23.3 Å². The highest BCUT2D eigenvalue weighted by Crippen LogP contribution is 2.45. The van der Waals surface area contributed by atoms with E-state index < -0.39 is 24.5 Å². The van der Waals surface area contributed by atoms with Crippen molar-refractivity contribution in [3.05, 3.63) is 53.2 Å². The molecule has 1 saturated carbocycles. The highest BCUT2D eigenvalue weighted by Gasteiger charge is 2.43. The van der Waals surface area contributed by atoms with Gasteiger partial charge in [-0.25, -0.2) is 14.1 Å². The van der Waals surface area contributed by atoms with Crippen molar-refractivity contribution in [2.75, 3.05) is 25.1 Å². The summed E-state index contributed by atoms with van der Waals surface area (Å²) in [6.07, 6.45) is -0.375. The van der Waals surface area contributed by atoms with Crippen molar-refractivity contribution in [3.63, 3.8) is 0 Å². The maximum absolute atomic E-state index is 14.3. The molecule has 36 heavy (non-hydrogen) atoms. The molecule has 2 aliphatic rings. The molecule has 0 spiro atoms. The van der Waals surface area contributed by atoms with E-state index in [9.17, 15) is 17.6 Å². The van der Waals surface area contributed by atoms with E-state index in [2.05, 4.69) is 20.0 Å². The lowest BCUT2D eigenvalue weighted by molar-refractivity contribution is -0.143. The summed E-state index contributed by atoms with van der Waals surface area (Å²) in [5.41, 5.74) is 1.03. The second-order valence-electron chi connectivity index (χ2n) is 9.16. The van der Waals surface area contributed by atoms with Gasteiger partial charge in [-0.3, -0.25) is 0 Å². The minimum Gasteiger partial charge on any atom is -0.481 e. The van der Waals surface area contributed by atoms with Crippen LogP contribution in [0.4, 0.5) is 23.2 Å². The van der Waals surface area contributed by atoms with Gasteiger partial charge in [-0.15, -0.1) is 0 Å². The Morgan fingerprint density at radius 1 is 1.14 bits per heavy atom. The maximum Gasteiger partial charge on any atom is 0.408 e. The predicted molar refractivity (Wildman–Crippen MR) is 124 cm³/mol. The largest absolute Gasteiger partial charge is 0.481 e. The van der Waals surface area contributed by atoms with Crippen LogP contribution >= 0.6 is 11.6 Å². The topological polar surface area (TPSA) is 65.3 Å². The SMILES string of the molecule is COc1cc(N2CC3CCC(C2)C3Cc2nc(Oc3cccc(Cl)c3F)n(CC(F)(F)F)n2)ccn1. The van der Waals surface area contributed by atoms with Crippen LogP contribution in [0.25, 0.3) is 0 Å². The van der Waals surface area contributed by atoms with Gasteiger partial charge in [0, 0.05) is 37.5 Å². The number of nitrogens with zero attached hydrogens (tertiary/aromatic N) is 5. The summed E-state index contributed by atoms with van der Waals surface area (Å²) < 4.78 is 65.2. The van der Waals surface area contributed by atoms with Crippen LogP contribution in [0.3, 0.4) is 0 Å². The van der Waals surface area contributed by atoms with E-state index in [1.54, 1.807) is 13.3 Å². The first-order valence-electron chi connectivity index (χ1n) is 11.6. The maximum atomic E-state index is 14.3. The molecule has 3 aromatic rings. The van der Waals surface area contributed by atoms with Crippen LogP contribution in [-0.2, 0) is 13.0 Å². The Kier molecular flexibility index (Phi) is 6.67. The molecule has 0 amide bonds. The predicted octanol–water partition coefficient (Wildman–Crippen LogP) is 5.53. The summed E-state index contributed by atoms with van der Waals surface area (Å²) in [5, 5.41) is 3.90. The number of benzene rings is 1. The lowest BCUT2D eigenvalue weighted by atomic mass is 9.82. The molecule has 5 rings (SSSR count). The molecule has 0 radical (unpaired) electrons. The van der Waals surface area contributed by atoms with Crippen LogP contribution < -0.4 is 14.4 Å². The van der Waals surface area contributed by atoms with E-state index in [-0.39, 0.29) is 22.5 Å². The lowest BCUT2D eigenvalue weighted by Crippen LogP contribution is -2.42. The Bertz CT molecular complexity index is 1220. The van der Waals surface area contributed by atoms with Crippen molar-refractivity contribution in [1.29, 1.82) is 0 Å². The molecule has 2 fully saturated rings. The fourth-order valence-electron chi connectivity index (χ4n) is 5.27. The Balaban J connectivity index is 1.35. The number of aromatic nitrogens is 4. The summed E-state index contributed by atoms with van der Waals surface area (Å²) in [6, 6.07) is 7.46. The van der Waals surface area contributed by atoms with Crippen LogP contribution in [0, 0.1) is 23.6 Å². The number of hydrogen-bond donors (Lipinski definition) is 0. The molecule has 1 saturated heterocycles. The number of methoxy groups -OCH3 is 1. The second kappa shape index (κ2) is 9.76. The monoisotopic (exact) mass is 525 g/mol. The number of pyridine rings is 1. The summed E-state index contributed by atoms with van der Waals surface area (Å²) in [6.45, 7) is 0.232. The number of alkyl halides is 3. The van der Waals surface area contributed by atoms with Gasteiger partial charge in [-0.05, 0) is 48.8 Å². The molecular formula is C24H24ClF4N5O2. The normalized spacial score (nSPS) is 21.6. The first kappa shape index (κ1) is 24.6. The van der Waals surface area contributed by atoms with Crippen molar-refractivity contribution >= 4 is 17.3 Å². The van der Waals surface area contributed by atoms with Gasteiger partial charge in [0.2, 0.25) is 5.88 Å². The molecule has 1 aliphatic carbocycles. The minimum atomic E-state index is -4.55. The Hall–Kier alpha value is -3.08. The Morgan fingerprint density at radius 2 is 1.89 bits per heavy atom. The van der Waals surface area contributed by atoms with Crippen LogP contribution in [0.5, 0.6) is 17.6 Å². The second-order valence-corrected chi connectivity index (χ2v) is 9.57.